The lowest BCUT2D eigenvalue weighted by atomic mass is 9.74. The van der Waals surface area contributed by atoms with E-state index in [9.17, 15) is 14.7 Å². The fourth-order valence-corrected chi connectivity index (χ4v) is 5.29. The molecule has 21 heavy (non-hydrogen) atoms. The lowest BCUT2D eigenvalue weighted by molar-refractivity contribution is -0.168. The highest BCUT2D eigenvalue weighted by Gasteiger charge is 2.68. The van der Waals surface area contributed by atoms with Gasteiger partial charge in [0.2, 0.25) is 0 Å². The van der Waals surface area contributed by atoms with Crippen LogP contribution in [0.25, 0.3) is 0 Å². The Balaban J connectivity index is 1.57. The Kier molecular flexibility index (Phi) is 2.87. The minimum atomic E-state index is -0.407. The van der Waals surface area contributed by atoms with E-state index in [2.05, 4.69) is 0 Å². The molecule has 4 rings (SSSR count). The summed E-state index contributed by atoms with van der Waals surface area (Å²) in [6.07, 6.45) is 4.62. The van der Waals surface area contributed by atoms with Crippen molar-refractivity contribution < 1.29 is 24.2 Å². The van der Waals surface area contributed by atoms with Crippen LogP contribution in [0.2, 0.25) is 0 Å². The Bertz CT molecular complexity index is 481. The first-order valence-electron chi connectivity index (χ1n) is 8.08. The minimum absolute atomic E-state index is 0.0210. The van der Waals surface area contributed by atoms with Gasteiger partial charge in [0.1, 0.15) is 11.7 Å². The molecule has 6 unspecified atom stereocenters. The molecule has 0 amide bonds. The van der Waals surface area contributed by atoms with Gasteiger partial charge < -0.3 is 14.6 Å². The molecule has 5 heteroatoms. The molecule has 4 fully saturated rings. The smallest absolute Gasteiger partial charge is 0.310 e. The van der Waals surface area contributed by atoms with E-state index in [1.807, 2.05) is 6.92 Å². The van der Waals surface area contributed by atoms with Crippen LogP contribution in [0.5, 0.6) is 0 Å². The monoisotopic (exact) mass is 294 g/mol. The third kappa shape index (κ3) is 1.79. The van der Waals surface area contributed by atoms with Crippen molar-refractivity contribution in [1.82, 2.24) is 0 Å². The molecule has 0 aromatic heterocycles. The Hall–Kier alpha value is -1.10. The second-order valence-electron chi connectivity index (χ2n) is 7.44. The fourth-order valence-electron chi connectivity index (χ4n) is 5.29. The SMILES string of the molecule is CC1(OC(=O)C2C3CC4C(OC(=O)C42)C3CO)CCCC1. The van der Waals surface area contributed by atoms with Gasteiger partial charge in [-0.2, -0.15) is 0 Å². The van der Waals surface area contributed by atoms with Gasteiger partial charge in [-0.3, -0.25) is 9.59 Å². The maximum absolute atomic E-state index is 12.7. The maximum Gasteiger partial charge on any atom is 0.310 e. The van der Waals surface area contributed by atoms with Crippen LogP contribution in [0.15, 0.2) is 0 Å². The lowest BCUT2D eigenvalue weighted by Crippen LogP contribution is -2.42. The molecule has 1 heterocycles. The Morgan fingerprint density at radius 2 is 2.10 bits per heavy atom. The van der Waals surface area contributed by atoms with Gasteiger partial charge in [-0.25, -0.2) is 0 Å². The van der Waals surface area contributed by atoms with Gasteiger partial charge in [0.25, 0.3) is 0 Å². The standard InChI is InChI=1S/C16H22O5/c1-16(4-2-3-5-16)21-15(19)11-8-6-9-12(11)14(18)20-13(9)10(8)7-17/h8-13,17H,2-7H2,1H3. The van der Waals surface area contributed by atoms with E-state index in [-0.39, 0.29) is 53.9 Å². The van der Waals surface area contributed by atoms with Crippen LogP contribution in [-0.4, -0.2) is 35.4 Å². The Morgan fingerprint density at radius 1 is 1.38 bits per heavy atom. The van der Waals surface area contributed by atoms with Gasteiger partial charge in [0, 0.05) is 18.4 Å². The molecule has 3 saturated carbocycles. The van der Waals surface area contributed by atoms with Crippen molar-refractivity contribution in [3.63, 3.8) is 0 Å². The van der Waals surface area contributed by atoms with Crippen molar-refractivity contribution in [2.75, 3.05) is 6.61 Å². The van der Waals surface area contributed by atoms with Crippen LogP contribution < -0.4 is 0 Å². The normalized spacial score (nSPS) is 45.9. The maximum atomic E-state index is 12.7. The predicted molar refractivity (Wildman–Crippen MR) is 72.0 cm³/mol. The van der Waals surface area contributed by atoms with Crippen molar-refractivity contribution in [3.05, 3.63) is 0 Å². The first-order chi connectivity index (χ1) is 10.0. The average molecular weight is 294 g/mol. The zero-order valence-electron chi connectivity index (χ0n) is 12.3. The second kappa shape index (κ2) is 4.45. The summed E-state index contributed by atoms with van der Waals surface area (Å²) >= 11 is 0. The van der Waals surface area contributed by atoms with Gasteiger partial charge in [-0.05, 0) is 44.9 Å². The quantitative estimate of drug-likeness (QED) is 0.794. The zero-order chi connectivity index (χ0) is 14.8. The molecular weight excluding hydrogens is 272 g/mol. The zero-order valence-corrected chi connectivity index (χ0v) is 12.3. The molecule has 1 saturated heterocycles. The van der Waals surface area contributed by atoms with Gasteiger partial charge in [-0.15, -0.1) is 0 Å². The number of carbonyl (C=O) groups is 2. The summed E-state index contributed by atoms with van der Waals surface area (Å²) in [4.78, 5) is 24.8. The van der Waals surface area contributed by atoms with Crippen molar-refractivity contribution in [2.24, 2.45) is 29.6 Å². The van der Waals surface area contributed by atoms with Crippen LogP contribution in [-0.2, 0) is 19.1 Å². The summed E-state index contributed by atoms with van der Waals surface area (Å²) in [5.74, 6) is -1.19. The first kappa shape index (κ1) is 13.6. The molecule has 0 spiro atoms. The van der Waals surface area contributed by atoms with Crippen LogP contribution in [0.1, 0.15) is 39.0 Å². The molecule has 3 aliphatic carbocycles. The fraction of sp³-hybridized carbons (Fsp3) is 0.875. The number of rotatable bonds is 3. The van der Waals surface area contributed by atoms with Crippen LogP contribution in [0, 0.1) is 29.6 Å². The minimum Gasteiger partial charge on any atom is -0.461 e. The molecule has 6 atom stereocenters. The van der Waals surface area contributed by atoms with Gasteiger partial charge in [0.05, 0.1) is 11.8 Å². The van der Waals surface area contributed by atoms with Crippen molar-refractivity contribution in [1.29, 1.82) is 0 Å². The summed E-state index contributed by atoms with van der Waals surface area (Å²) in [7, 11) is 0. The van der Waals surface area contributed by atoms with E-state index < -0.39 is 5.92 Å². The number of esters is 2. The third-order valence-corrected chi connectivity index (χ3v) is 6.26. The van der Waals surface area contributed by atoms with E-state index in [1.54, 1.807) is 0 Å². The van der Waals surface area contributed by atoms with Crippen LogP contribution in [0.4, 0.5) is 0 Å². The highest BCUT2D eigenvalue weighted by Crippen LogP contribution is 2.60. The van der Waals surface area contributed by atoms with E-state index in [4.69, 9.17) is 9.47 Å². The third-order valence-electron chi connectivity index (χ3n) is 6.26. The van der Waals surface area contributed by atoms with E-state index >= 15 is 0 Å². The number of hydrogen-bond donors (Lipinski definition) is 1. The van der Waals surface area contributed by atoms with E-state index in [1.165, 1.54) is 0 Å². The molecular formula is C16H22O5. The highest BCUT2D eigenvalue weighted by atomic mass is 16.6. The van der Waals surface area contributed by atoms with Gasteiger partial charge >= 0.3 is 11.9 Å². The molecule has 4 aliphatic rings. The molecule has 116 valence electrons. The van der Waals surface area contributed by atoms with Crippen molar-refractivity contribution in [2.45, 2.75) is 50.7 Å². The van der Waals surface area contributed by atoms with Crippen LogP contribution in [0.3, 0.4) is 0 Å². The first-order valence-corrected chi connectivity index (χ1v) is 8.08. The topological polar surface area (TPSA) is 72.8 Å². The summed E-state index contributed by atoms with van der Waals surface area (Å²) in [6, 6.07) is 0. The second-order valence-corrected chi connectivity index (χ2v) is 7.44. The van der Waals surface area contributed by atoms with Crippen LogP contribution >= 0.6 is 0 Å². The average Bonchev–Trinajstić information content (AvgIpc) is 3.13. The number of aliphatic hydroxyl groups excluding tert-OH is 1. The molecule has 0 aromatic rings. The summed E-state index contributed by atoms with van der Waals surface area (Å²) < 4.78 is 11.2. The molecule has 0 radical (unpaired) electrons. The summed E-state index contributed by atoms with van der Waals surface area (Å²) in [5, 5.41) is 9.59. The van der Waals surface area contributed by atoms with Crippen molar-refractivity contribution in [3.8, 4) is 0 Å². The van der Waals surface area contributed by atoms with Gasteiger partial charge in [0.15, 0.2) is 0 Å². The largest absolute Gasteiger partial charge is 0.461 e. The Morgan fingerprint density at radius 3 is 2.76 bits per heavy atom. The molecule has 5 nitrogen and oxygen atoms in total. The number of aliphatic hydroxyl groups is 1. The summed E-state index contributed by atoms with van der Waals surface area (Å²) in [6.45, 7) is 1.97. The molecule has 2 bridgehead atoms. The van der Waals surface area contributed by atoms with Gasteiger partial charge in [-0.1, -0.05) is 0 Å². The highest BCUT2D eigenvalue weighted by molar-refractivity contribution is 5.86. The van der Waals surface area contributed by atoms with E-state index in [0.29, 0.717) is 0 Å². The number of ether oxygens (including phenoxy) is 2. The molecule has 0 aromatic carbocycles. The number of carbonyl (C=O) groups excluding carboxylic acids is 2. The number of hydrogen-bond acceptors (Lipinski definition) is 5. The van der Waals surface area contributed by atoms with Crippen molar-refractivity contribution >= 4 is 11.9 Å². The molecule has 1 aliphatic heterocycles. The molecule has 1 N–H and O–H groups in total. The van der Waals surface area contributed by atoms with E-state index in [0.717, 1.165) is 32.1 Å². The summed E-state index contributed by atoms with van der Waals surface area (Å²) in [5.41, 5.74) is -0.366. The predicted octanol–water partition coefficient (Wildman–Crippen LogP) is 1.28. The Labute approximate surface area is 124 Å². The number of fused-ring (bicyclic) bond motifs is 1. The lowest BCUT2D eigenvalue weighted by Gasteiger charge is -2.32.